The first-order valence-corrected chi connectivity index (χ1v) is 13.0. The number of hydrogen-bond donors (Lipinski definition) is 8. The first-order valence-electron chi connectivity index (χ1n) is 13.0. The van der Waals surface area contributed by atoms with Crippen LogP contribution in [0.1, 0.15) is 35.4 Å². The minimum Gasteiger partial charge on any atom is -0.508 e. The van der Waals surface area contributed by atoms with Crippen LogP contribution in [0.3, 0.4) is 0 Å². The Hall–Kier alpha value is -3.05. The number of hydrogen-bond acceptors (Lipinski definition) is 14. The van der Waals surface area contributed by atoms with Crippen molar-refractivity contribution in [3.05, 3.63) is 47.5 Å². The fourth-order valence-electron chi connectivity index (χ4n) is 5.07. The van der Waals surface area contributed by atoms with Crippen LogP contribution in [0, 0.1) is 0 Å². The summed E-state index contributed by atoms with van der Waals surface area (Å²) in [5.41, 5.74) is 0.529. The molecule has 3 heterocycles. The molecule has 0 saturated carbocycles. The van der Waals surface area contributed by atoms with Gasteiger partial charge in [-0.25, -0.2) is 0 Å². The molecule has 3 aliphatic rings. The quantitative estimate of drug-likeness (QED) is 0.202. The zero-order valence-electron chi connectivity index (χ0n) is 21.8. The predicted octanol–water partition coefficient (Wildman–Crippen LogP) is -1.17. The molecule has 2 saturated heterocycles. The van der Waals surface area contributed by atoms with E-state index < -0.39 is 85.7 Å². The highest BCUT2D eigenvalue weighted by Crippen LogP contribution is 2.43. The number of phenols is 2. The first kappa shape index (κ1) is 29.4. The second-order valence-electron chi connectivity index (χ2n) is 10.2. The van der Waals surface area contributed by atoms with E-state index in [0.29, 0.717) is 5.56 Å². The van der Waals surface area contributed by atoms with Crippen molar-refractivity contribution in [1.82, 2.24) is 0 Å². The Morgan fingerprint density at radius 2 is 1.59 bits per heavy atom. The molecule has 0 amide bonds. The van der Waals surface area contributed by atoms with Gasteiger partial charge in [0.1, 0.15) is 71.3 Å². The molecule has 0 radical (unpaired) electrons. The number of ketones is 1. The fraction of sp³-hybridized carbons (Fsp3) is 0.519. The molecule has 11 atom stereocenters. The Balaban J connectivity index is 1.41. The standard InChI is InChI=1S/C27H32O14/c1-10-20(32)22(34)24(36)26(37-10)41-25-23(35)21(33)18(9-28)40-27(25)38-13-6-14(30)19-15(31)8-16(39-17(19)7-13)11-2-4-12(29)5-3-11/h2-7,10,16,18,20-30,32-36H,8-9H2,1H3/t10-,16-,18-,20-,21+,22-,23-,24+,25+,26-,27+/m0/s1. The monoisotopic (exact) mass is 580 g/mol. The Kier molecular flexibility index (Phi) is 8.39. The number of carbonyl (C=O) groups is 1. The summed E-state index contributed by atoms with van der Waals surface area (Å²) in [6.07, 6.45) is -16.0. The van der Waals surface area contributed by atoms with E-state index in [1.54, 1.807) is 12.1 Å². The van der Waals surface area contributed by atoms with Crippen molar-refractivity contribution in [2.75, 3.05) is 6.61 Å². The van der Waals surface area contributed by atoms with Crippen molar-refractivity contribution >= 4 is 5.78 Å². The highest BCUT2D eigenvalue weighted by molar-refractivity contribution is 6.02. The number of fused-ring (bicyclic) bond motifs is 1. The molecule has 41 heavy (non-hydrogen) atoms. The van der Waals surface area contributed by atoms with Crippen LogP contribution >= 0.6 is 0 Å². The van der Waals surface area contributed by atoms with Crippen LogP contribution in [0.4, 0.5) is 0 Å². The van der Waals surface area contributed by atoms with E-state index in [2.05, 4.69) is 0 Å². The molecule has 3 aliphatic heterocycles. The summed E-state index contributed by atoms with van der Waals surface area (Å²) in [5.74, 6) is -0.947. The van der Waals surface area contributed by atoms with Gasteiger partial charge in [0.2, 0.25) is 6.29 Å². The van der Waals surface area contributed by atoms with E-state index in [0.717, 1.165) is 6.07 Å². The average molecular weight is 581 g/mol. The molecule has 0 aliphatic carbocycles. The molecule has 0 spiro atoms. The molecule has 14 nitrogen and oxygen atoms in total. The second kappa shape index (κ2) is 11.7. The van der Waals surface area contributed by atoms with Crippen LogP contribution < -0.4 is 9.47 Å². The van der Waals surface area contributed by atoms with Crippen LogP contribution in [0.2, 0.25) is 0 Å². The third-order valence-electron chi connectivity index (χ3n) is 7.42. The van der Waals surface area contributed by atoms with Crippen LogP contribution in [0.15, 0.2) is 36.4 Å². The van der Waals surface area contributed by atoms with E-state index in [1.165, 1.54) is 25.1 Å². The number of carbonyl (C=O) groups excluding carboxylic acids is 1. The highest BCUT2D eigenvalue weighted by atomic mass is 16.8. The number of benzene rings is 2. The summed E-state index contributed by atoms with van der Waals surface area (Å²) in [7, 11) is 0. The lowest BCUT2D eigenvalue weighted by Crippen LogP contribution is -2.64. The van der Waals surface area contributed by atoms with Crippen molar-refractivity contribution in [3.63, 3.8) is 0 Å². The van der Waals surface area contributed by atoms with Crippen LogP contribution in [-0.2, 0) is 14.2 Å². The number of aromatic hydroxyl groups is 2. The number of aliphatic hydroxyl groups is 6. The largest absolute Gasteiger partial charge is 0.508 e. The third-order valence-corrected chi connectivity index (χ3v) is 7.42. The summed E-state index contributed by atoms with van der Waals surface area (Å²) >= 11 is 0. The Bertz CT molecular complexity index is 1240. The lowest BCUT2D eigenvalue weighted by Gasteiger charge is -2.45. The minimum absolute atomic E-state index is 0.0149. The van der Waals surface area contributed by atoms with E-state index in [1.807, 2.05) is 0 Å². The van der Waals surface area contributed by atoms with Gasteiger partial charge in [-0.1, -0.05) is 12.1 Å². The Morgan fingerprint density at radius 1 is 0.878 bits per heavy atom. The molecule has 14 heteroatoms. The van der Waals surface area contributed by atoms with Gasteiger partial charge in [0.05, 0.1) is 19.1 Å². The SMILES string of the molecule is C[C@@H]1O[C@@H](O[C@H]2[C@H](Oc3cc(O)c4c(c3)O[C@H](c3ccc(O)cc3)CC4=O)O[C@@H](CO)[C@@H](O)[C@@H]2O)[C@H](O)[C@@H](O)[C@H]1O. The van der Waals surface area contributed by atoms with Gasteiger partial charge in [-0.05, 0) is 24.6 Å². The van der Waals surface area contributed by atoms with Gasteiger partial charge in [0.25, 0.3) is 0 Å². The van der Waals surface area contributed by atoms with Gasteiger partial charge >= 0.3 is 0 Å². The summed E-state index contributed by atoms with van der Waals surface area (Å²) in [4.78, 5) is 12.9. The molecule has 0 unspecified atom stereocenters. The van der Waals surface area contributed by atoms with Crippen molar-refractivity contribution in [2.45, 2.75) is 80.9 Å². The smallest absolute Gasteiger partial charge is 0.229 e. The van der Waals surface area contributed by atoms with Gasteiger partial charge in [-0.3, -0.25) is 4.79 Å². The number of rotatable bonds is 6. The molecule has 0 aromatic heterocycles. The second-order valence-corrected chi connectivity index (χ2v) is 10.2. The van der Waals surface area contributed by atoms with E-state index in [4.69, 9.17) is 23.7 Å². The van der Waals surface area contributed by atoms with Crippen LogP contribution in [0.25, 0.3) is 0 Å². The van der Waals surface area contributed by atoms with Gasteiger partial charge in [-0.15, -0.1) is 0 Å². The zero-order valence-corrected chi connectivity index (χ0v) is 21.8. The van der Waals surface area contributed by atoms with E-state index in [-0.39, 0.29) is 29.2 Å². The topological polar surface area (TPSA) is 225 Å². The molecule has 0 bridgehead atoms. The predicted molar refractivity (Wildman–Crippen MR) is 134 cm³/mol. The zero-order chi connectivity index (χ0) is 29.6. The fourth-order valence-corrected chi connectivity index (χ4v) is 5.07. The number of phenolic OH excluding ortho intramolecular Hbond substituents is 2. The Labute approximate surface area is 233 Å². The average Bonchev–Trinajstić information content (AvgIpc) is 2.94. The number of aliphatic hydroxyl groups excluding tert-OH is 6. The Morgan fingerprint density at radius 3 is 2.27 bits per heavy atom. The van der Waals surface area contributed by atoms with Crippen molar-refractivity contribution in [3.8, 4) is 23.0 Å². The lowest BCUT2D eigenvalue weighted by molar-refractivity contribution is -0.354. The molecule has 2 fully saturated rings. The number of Topliss-reactive ketones (excluding diaryl/α,β-unsaturated/α-hetero) is 1. The maximum atomic E-state index is 12.9. The first-order chi connectivity index (χ1) is 19.5. The molecule has 5 rings (SSSR count). The maximum absolute atomic E-state index is 12.9. The molecule has 8 N–H and O–H groups in total. The molecular formula is C27H32O14. The maximum Gasteiger partial charge on any atom is 0.229 e. The van der Waals surface area contributed by atoms with Crippen molar-refractivity contribution < 1.29 is 69.3 Å². The van der Waals surface area contributed by atoms with E-state index in [9.17, 15) is 45.6 Å². The van der Waals surface area contributed by atoms with Gasteiger partial charge in [0.15, 0.2) is 18.2 Å². The lowest BCUT2D eigenvalue weighted by atomic mass is 9.95. The van der Waals surface area contributed by atoms with Crippen molar-refractivity contribution in [2.24, 2.45) is 0 Å². The third kappa shape index (κ3) is 5.70. The molecule has 224 valence electrons. The van der Waals surface area contributed by atoms with Crippen LogP contribution in [-0.4, -0.2) is 115 Å². The van der Waals surface area contributed by atoms with Crippen LogP contribution in [0.5, 0.6) is 23.0 Å². The number of ether oxygens (including phenoxy) is 5. The van der Waals surface area contributed by atoms with Crippen molar-refractivity contribution in [1.29, 1.82) is 0 Å². The van der Waals surface area contributed by atoms with E-state index >= 15 is 0 Å². The molecule has 2 aromatic carbocycles. The summed E-state index contributed by atoms with van der Waals surface area (Å²) < 4.78 is 28.6. The summed E-state index contributed by atoms with van der Waals surface area (Å²) in [6.45, 7) is 0.716. The molecular weight excluding hydrogens is 548 g/mol. The van der Waals surface area contributed by atoms with Gasteiger partial charge < -0.3 is 64.5 Å². The minimum atomic E-state index is -1.75. The van der Waals surface area contributed by atoms with Gasteiger partial charge in [-0.2, -0.15) is 0 Å². The normalized spacial score (nSPS) is 37.2. The van der Waals surface area contributed by atoms with Gasteiger partial charge in [0, 0.05) is 12.1 Å². The molecule has 2 aromatic rings. The summed E-state index contributed by atoms with van der Waals surface area (Å²) in [6, 6.07) is 8.50. The highest BCUT2D eigenvalue weighted by Gasteiger charge is 2.51. The summed E-state index contributed by atoms with van der Waals surface area (Å²) in [5, 5.41) is 81.6.